The van der Waals surface area contributed by atoms with Crippen LogP contribution in [0.1, 0.15) is 11.8 Å². The monoisotopic (exact) mass is 256 g/mol. The molecule has 4 nitrogen and oxygen atoms in total. The van der Waals surface area contributed by atoms with Crippen molar-refractivity contribution in [3.63, 3.8) is 0 Å². The van der Waals surface area contributed by atoms with Crippen molar-refractivity contribution in [1.29, 1.82) is 0 Å². The van der Waals surface area contributed by atoms with Gasteiger partial charge in [0.1, 0.15) is 11.0 Å². The second-order valence-electron chi connectivity index (χ2n) is 3.27. The van der Waals surface area contributed by atoms with Crippen molar-refractivity contribution < 1.29 is 8.83 Å². The molecular weight excluding hydrogens is 251 g/mol. The number of rotatable bonds is 2. The van der Waals surface area contributed by atoms with Crippen LogP contribution in [0, 0.1) is 0 Å². The summed E-state index contributed by atoms with van der Waals surface area (Å²) >= 11 is 11.3. The molecule has 0 aliphatic rings. The zero-order chi connectivity index (χ0) is 11.1. The molecular formula is C10H6Cl2N2O2. The van der Waals surface area contributed by atoms with Crippen LogP contribution in [0.4, 0.5) is 0 Å². The van der Waals surface area contributed by atoms with Crippen LogP contribution < -0.4 is 0 Å². The van der Waals surface area contributed by atoms with E-state index in [0.29, 0.717) is 22.9 Å². The van der Waals surface area contributed by atoms with Gasteiger partial charge in [-0.1, -0.05) is 0 Å². The molecule has 16 heavy (non-hydrogen) atoms. The maximum atomic E-state index is 5.64. The van der Waals surface area contributed by atoms with E-state index in [9.17, 15) is 0 Å². The number of aromatic nitrogens is 2. The summed E-state index contributed by atoms with van der Waals surface area (Å²) in [4.78, 5) is 8.41. The van der Waals surface area contributed by atoms with E-state index in [4.69, 9.17) is 32.0 Å². The van der Waals surface area contributed by atoms with E-state index in [1.165, 1.54) is 0 Å². The zero-order valence-corrected chi connectivity index (χ0v) is 9.55. The van der Waals surface area contributed by atoms with E-state index in [0.717, 1.165) is 11.0 Å². The van der Waals surface area contributed by atoms with Crippen LogP contribution in [0.2, 0.25) is 0 Å². The summed E-state index contributed by atoms with van der Waals surface area (Å²) < 4.78 is 10.8. The van der Waals surface area contributed by atoms with Crippen LogP contribution in [-0.2, 0) is 11.8 Å². The predicted molar refractivity (Wildman–Crippen MR) is 60.7 cm³/mol. The van der Waals surface area contributed by atoms with Gasteiger partial charge in [-0.25, -0.2) is 9.97 Å². The highest BCUT2D eigenvalue weighted by atomic mass is 35.5. The summed E-state index contributed by atoms with van der Waals surface area (Å²) in [5.41, 5.74) is 2.72. The van der Waals surface area contributed by atoms with Crippen molar-refractivity contribution in [3.05, 3.63) is 23.9 Å². The van der Waals surface area contributed by atoms with Gasteiger partial charge in [-0.05, 0) is 6.07 Å². The summed E-state index contributed by atoms with van der Waals surface area (Å²) in [7, 11) is 0. The van der Waals surface area contributed by atoms with Gasteiger partial charge in [0, 0.05) is 6.07 Å². The quantitative estimate of drug-likeness (QED) is 0.660. The maximum absolute atomic E-state index is 5.64. The second kappa shape index (κ2) is 3.64. The van der Waals surface area contributed by atoms with E-state index < -0.39 is 0 Å². The highest BCUT2D eigenvalue weighted by Crippen LogP contribution is 2.24. The molecule has 0 saturated carbocycles. The Labute approximate surface area is 100 Å². The molecule has 0 N–H and O–H groups in total. The lowest BCUT2D eigenvalue weighted by Gasteiger charge is -1.85. The third kappa shape index (κ3) is 1.45. The maximum Gasteiger partial charge on any atom is 0.210 e. The lowest BCUT2D eigenvalue weighted by molar-refractivity contribution is 0.546. The van der Waals surface area contributed by atoms with Crippen LogP contribution in [0.5, 0.6) is 0 Å². The van der Waals surface area contributed by atoms with Gasteiger partial charge >= 0.3 is 0 Å². The van der Waals surface area contributed by atoms with Crippen molar-refractivity contribution in [3.8, 4) is 0 Å². The number of nitrogens with zero attached hydrogens (tertiary/aromatic N) is 2. The highest BCUT2D eigenvalue weighted by molar-refractivity contribution is 6.17. The molecule has 82 valence electrons. The number of hydrogen-bond donors (Lipinski definition) is 0. The molecule has 0 fully saturated rings. The van der Waals surface area contributed by atoms with Crippen LogP contribution in [0.15, 0.2) is 21.0 Å². The topological polar surface area (TPSA) is 52.1 Å². The largest absolute Gasteiger partial charge is 0.439 e. The van der Waals surface area contributed by atoms with Gasteiger partial charge in [-0.2, -0.15) is 0 Å². The molecule has 3 aromatic rings. The summed E-state index contributed by atoms with van der Waals surface area (Å²) in [6.45, 7) is 0. The first kappa shape index (κ1) is 9.93. The van der Waals surface area contributed by atoms with Gasteiger partial charge in [0.15, 0.2) is 11.2 Å². The number of fused-ring (bicyclic) bond motifs is 2. The molecule has 0 amide bonds. The molecule has 0 saturated heterocycles. The normalized spacial score (nSPS) is 11.6. The van der Waals surface area contributed by atoms with Crippen molar-refractivity contribution in [2.45, 2.75) is 11.8 Å². The minimum Gasteiger partial charge on any atom is -0.439 e. The van der Waals surface area contributed by atoms with Crippen LogP contribution >= 0.6 is 23.2 Å². The van der Waals surface area contributed by atoms with Gasteiger partial charge in [0.2, 0.25) is 11.8 Å². The van der Waals surface area contributed by atoms with E-state index in [-0.39, 0.29) is 11.8 Å². The van der Waals surface area contributed by atoms with Crippen LogP contribution in [0.25, 0.3) is 22.2 Å². The molecule has 1 aromatic carbocycles. The Bertz CT molecular complexity index is 554. The molecule has 2 heterocycles. The molecule has 2 aromatic heterocycles. The number of hydrogen-bond acceptors (Lipinski definition) is 4. The number of halogens is 2. The molecule has 6 heteroatoms. The third-order valence-corrected chi connectivity index (χ3v) is 2.67. The van der Waals surface area contributed by atoms with Gasteiger partial charge < -0.3 is 8.83 Å². The fraction of sp³-hybridized carbons (Fsp3) is 0.200. The van der Waals surface area contributed by atoms with E-state index >= 15 is 0 Å². The van der Waals surface area contributed by atoms with Crippen molar-refractivity contribution >= 4 is 45.4 Å². The average Bonchev–Trinajstić information content (AvgIpc) is 2.86. The minimum atomic E-state index is 0.246. The fourth-order valence-corrected chi connectivity index (χ4v) is 1.79. The predicted octanol–water partition coefficient (Wildman–Crippen LogP) is 3.45. The van der Waals surface area contributed by atoms with Crippen LogP contribution in [0.3, 0.4) is 0 Å². The Morgan fingerprint density at radius 2 is 1.38 bits per heavy atom. The van der Waals surface area contributed by atoms with Crippen LogP contribution in [-0.4, -0.2) is 9.97 Å². The first-order chi connectivity index (χ1) is 7.80. The molecule has 0 aliphatic carbocycles. The molecule has 0 bridgehead atoms. The lowest BCUT2D eigenvalue weighted by atomic mass is 10.3. The summed E-state index contributed by atoms with van der Waals surface area (Å²) in [6.07, 6.45) is 0. The van der Waals surface area contributed by atoms with Crippen molar-refractivity contribution in [2.75, 3.05) is 0 Å². The van der Waals surface area contributed by atoms with Crippen molar-refractivity contribution in [2.24, 2.45) is 0 Å². The Morgan fingerprint density at radius 3 is 1.81 bits per heavy atom. The Morgan fingerprint density at radius 1 is 0.875 bits per heavy atom. The summed E-state index contributed by atoms with van der Waals surface area (Å²) in [5, 5.41) is 0. The molecule has 0 unspecified atom stereocenters. The lowest BCUT2D eigenvalue weighted by Crippen LogP contribution is -1.75. The SMILES string of the molecule is ClCc1nc2cc3nc(CCl)oc3cc2o1. The summed E-state index contributed by atoms with van der Waals surface area (Å²) in [5.74, 6) is 1.47. The average molecular weight is 257 g/mol. The minimum absolute atomic E-state index is 0.246. The van der Waals surface area contributed by atoms with E-state index in [1.807, 2.05) is 0 Å². The molecule has 0 spiro atoms. The Kier molecular flexibility index (Phi) is 2.26. The van der Waals surface area contributed by atoms with Gasteiger partial charge in [0.05, 0.1) is 11.8 Å². The highest BCUT2D eigenvalue weighted by Gasteiger charge is 2.10. The molecule has 3 rings (SSSR count). The van der Waals surface area contributed by atoms with Gasteiger partial charge in [-0.15, -0.1) is 23.2 Å². The molecule has 0 aliphatic heterocycles. The number of alkyl halides is 2. The third-order valence-electron chi connectivity index (χ3n) is 2.22. The Balaban J connectivity index is 2.28. The molecule has 0 radical (unpaired) electrons. The number of benzene rings is 1. The van der Waals surface area contributed by atoms with Crippen molar-refractivity contribution in [1.82, 2.24) is 9.97 Å². The smallest absolute Gasteiger partial charge is 0.210 e. The summed E-state index contributed by atoms with van der Waals surface area (Å²) in [6, 6.07) is 3.54. The fourth-order valence-electron chi connectivity index (χ4n) is 1.56. The number of oxazole rings is 2. The first-order valence-electron chi connectivity index (χ1n) is 4.61. The second-order valence-corrected chi connectivity index (χ2v) is 3.80. The van der Waals surface area contributed by atoms with E-state index in [1.54, 1.807) is 12.1 Å². The van der Waals surface area contributed by atoms with Gasteiger partial charge in [0.25, 0.3) is 0 Å². The first-order valence-corrected chi connectivity index (χ1v) is 5.68. The zero-order valence-electron chi connectivity index (χ0n) is 8.04. The molecule has 0 atom stereocenters. The van der Waals surface area contributed by atoms with E-state index in [2.05, 4.69) is 9.97 Å². The Hall–Kier alpha value is -1.26. The van der Waals surface area contributed by atoms with Gasteiger partial charge in [-0.3, -0.25) is 0 Å². The standard InChI is InChI=1S/C10H6Cl2N2O2/c11-3-9-13-5-1-6-8(2-7(5)15-9)16-10(4-12)14-6/h1-2H,3-4H2.